The highest BCUT2D eigenvalue weighted by molar-refractivity contribution is 5.82. The first kappa shape index (κ1) is 10.5. The van der Waals surface area contributed by atoms with E-state index < -0.39 is 0 Å². The van der Waals surface area contributed by atoms with Crippen LogP contribution in [0.15, 0.2) is 12.4 Å². The topological polar surface area (TPSA) is 58.1 Å². The van der Waals surface area contributed by atoms with Crippen molar-refractivity contribution in [3.63, 3.8) is 0 Å². The van der Waals surface area contributed by atoms with Crippen LogP contribution in [0.4, 0.5) is 5.82 Å². The van der Waals surface area contributed by atoms with Crippen molar-refractivity contribution in [3.05, 3.63) is 18.1 Å². The average Bonchev–Trinajstić information content (AvgIpc) is 3.05. The van der Waals surface area contributed by atoms with E-state index in [1.165, 1.54) is 0 Å². The standard InChI is InChI=1S/C12H16N4O/c1-8-4-11(14-7-13-8)15-10-5-16(6-10)12(17)9-2-3-9/h4,7,9-10H,2-3,5-6H2,1H3,(H,13,14,15). The zero-order valence-corrected chi connectivity index (χ0v) is 9.89. The summed E-state index contributed by atoms with van der Waals surface area (Å²) in [6.45, 7) is 3.55. The first-order valence-electron chi connectivity index (χ1n) is 6.06. The van der Waals surface area contributed by atoms with Crippen LogP contribution in [0.2, 0.25) is 0 Å². The summed E-state index contributed by atoms with van der Waals surface area (Å²) in [5.74, 6) is 1.51. The number of aryl methyl sites for hydroxylation is 1. The molecule has 90 valence electrons. The molecule has 0 bridgehead atoms. The first-order valence-corrected chi connectivity index (χ1v) is 6.06. The number of anilines is 1. The van der Waals surface area contributed by atoms with Gasteiger partial charge in [-0.05, 0) is 19.8 Å². The number of rotatable bonds is 3. The maximum atomic E-state index is 11.7. The molecule has 1 aliphatic carbocycles. The van der Waals surface area contributed by atoms with Crippen LogP contribution in [-0.2, 0) is 4.79 Å². The Morgan fingerprint density at radius 3 is 2.82 bits per heavy atom. The number of carbonyl (C=O) groups is 1. The number of carbonyl (C=O) groups excluding carboxylic acids is 1. The number of hydrogen-bond acceptors (Lipinski definition) is 4. The Bertz CT molecular complexity index is 438. The normalized spacial score (nSPS) is 19.9. The highest BCUT2D eigenvalue weighted by Gasteiger charge is 2.39. The molecule has 1 aromatic heterocycles. The fraction of sp³-hybridized carbons (Fsp3) is 0.583. The van der Waals surface area contributed by atoms with E-state index in [1.54, 1.807) is 6.33 Å². The van der Waals surface area contributed by atoms with Gasteiger partial charge in [0.1, 0.15) is 12.1 Å². The number of aromatic nitrogens is 2. The molecule has 1 aliphatic heterocycles. The molecule has 1 saturated heterocycles. The molecule has 2 heterocycles. The summed E-state index contributed by atoms with van der Waals surface area (Å²) >= 11 is 0. The maximum Gasteiger partial charge on any atom is 0.225 e. The van der Waals surface area contributed by atoms with Gasteiger partial charge in [0.2, 0.25) is 5.91 Å². The van der Waals surface area contributed by atoms with E-state index in [0.29, 0.717) is 17.9 Å². The van der Waals surface area contributed by atoms with Gasteiger partial charge in [-0.25, -0.2) is 9.97 Å². The Morgan fingerprint density at radius 2 is 2.18 bits per heavy atom. The zero-order chi connectivity index (χ0) is 11.8. The molecule has 0 atom stereocenters. The lowest BCUT2D eigenvalue weighted by Crippen LogP contribution is -2.57. The minimum atomic E-state index is 0.331. The van der Waals surface area contributed by atoms with Crippen LogP contribution in [0, 0.1) is 12.8 Å². The Kier molecular flexibility index (Phi) is 2.46. The second-order valence-electron chi connectivity index (χ2n) is 4.90. The molecule has 1 amide bonds. The third-order valence-electron chi connectivity index (χ3n) is 3.28. The van der Waals surface area contributed by atoms with Crippen molar-refractivity contribution in [1.82, 2.24) is 14.9 Å². The summed E-state index contributed by atoms with van der Waals surface area (Å²) in [6, 6.07) is 2.26. The minimum absolute atomic E-state index is 0.331. The number of likely N-dealkylation sites (tertiary alicyclic amines) is 1. The molecular weight excluding hydrogens is 216 g/mol. The molecule has 2 aliphatic rings. The molecule has 2 fully saturated rings. The van der Waals surface area contributed by atoms with Crippen molar-refractivity contribution in [2.75, 3.05) is 18.4 Å². The van der Waals surface area contributed by atoms with Crippen molar-refractivity contribution in [2.45, 2.75) is 25.8 Å². The molecule has 1 saturated carbocycles. The highest BCUT2D eigenvalue weighted by atomic mass is 16.2. The summed E-state index contributed by atoms with van der Waals surface area (Å²) in [4.78, 5) is 21.8. The fourth-order valence-electron chi connectivity index (χ4n) is 2.08. The third-order valence-corrected chi connectivity index (χ3v) is 3.28. The number of amides is 1. The Labute approximate surface area is 100 Å². The molecule has 5 nitrogen and oxygen atoms in total. The predicted molar refractivity (Wildman–Crippen MR) is 63.5 cm³/mol. The van der Waals surface area contributed by atoms with Gasteiger partial charge < -0.3 is 10.2 Å². The van der Waals surface area contributed by atoms with Crippen LogP contribution >= 0.6 is 0 Å². The van der Waals surface area contributed by atoms with E-state index in [4.69, 9.17) is 0 Å². The summed E-state index contributed by atoms with van der Waals surface area (Å²) in [5, 5.41) is 3.32. The lowest BCUT2D eigenvalue weighted by molar-refractivity contribution is -0.136. The van der Waals surface area contributed by atoms with E-state index in [9.17, 15) is 4.79 Å². The van der Waals surface area contributed by atoms with Crippen molar-refractivity contribution >= 4 is 11.7 Å². The van der Waals surface area contributed by atoms with Gasteiger partial charge in [0.25, 0.3) is 0 Å². The van der Waals surface area contributed by atoms with Crippen molar-refractivity contribution < 1.29 is 4.79 Å². The Balaban J connectivity index is 1.51. The summed E-state index contributed by atoms with van der Waals surface area (Å²) in [6.07, 6.45) is 3.72. The van der Waals surface area contributed by atoms with Gasteiger partial charge >= 0.3 is 0 Å². The number of hydrogen-bond donors (Lipinski definition) is 1. The quantitative estimate of drug-likeness (QED) is 0.838. The van der Waals surface area contributed by atoms with Crippen LogP contribution in [0.3, 0.4) is 0 Å². The zero-order valence-electron chi connectivity index (χ0n) is 9.89. The molecule has 5 heteroatoms. The minimum Gasteiger partial charge on any atom is -0.364 e. The van der Waals surface area contributed by atoms with Gasteiger partial charge in [-0.3, -0.25) is 4.79 Å². The van der Waals surface area contributed by atoms with Gasteiger partial charge in [-0.15, -0.1) is 0 Å². The monoisotopic (exact) mass is 232 g/mol. The highest BCUT2D eigenvalue weighted by Crippen LogP contribution is 2.32. The van der Waals surface area contributed by atoms with Gasteiger partial charge in [0, 0.05) is 30.8 Å². The molecule has 0 aromatic carbocycles. The van der Waals surface area contributed by atoms with E-state index >= 15 is 0 Å². The molecule has 17 heavy (non-hydrogen) atoms. The number of nitrogens with one attached hydrogen (secondary N) is 1. The van der Waals surface area contributed by atoms with Crippen molar-refractivity contribution in [2.24, 2.45) is 5.92 Å². The van der Waals surface area contributed by atoms with Gasteiger partial charge in [-0.2, -0.15) is 0 Å². The van der Waals surface area contributed by atoms with Crippen LogP contribution < -0.4 is 5.32 Å². The smallest absolute Gasteiger partial charge is 0.225 e. The van der Waals surface area contributed by atoms with E-state index in [-0.39, 0.29) is 0 Å². The molecular formula is C12H16N4O. The van der Waals surface area contributed by atoms with E-state index in [1.807, 2.05) is 17.9 Å². The second-order valence-corrected chi connectivity index (χ2v) is 4.90. The van der Waals surface area contributed by atoms with E-state index in [2.05, 4.69) is 15.3 Å². The molecule has 0 radical (unpaired) electrons. The largest absolute Gasteiger partial charge is 0.364 e. The first-order chi connectivity index (χ1) is 8.22. The molecule has 1 N–H and O–H groups in total. The molecule has 0 unspecified atom stereocenters. The third kappa shape index (κ3) is 2.23. The maximum absolute atomic E-state index is 11.7. The fourth-order valence-corrected chi connectivity index (χ4v) is 2.08. The van der Waals surface area contributed by atoms with Crippen LogP contribution in [0.1, 0.15) is 18.5 Å². The second kappa shape index (κ2) is 3.98. The predicted octanol–water partition coefficient (Wildman–Crippen LogP) is 0.818. The van der Waals surface area contributed by atoms with Crippen molar-refractivity contribution in [3.8, 4) is 0 Å². The van der Waals surface area contributed by atoms with Crippen LogP contribution in [-0.4, -0.2) is 39.9 Å². The SMILES string of the molecule is Cc1cc(NC2CN(C(=O)C3CC3)C2)ncn1. The molecule has 3 rings (SSSR count). The molecule has 0 spiro atoms. The van der Waals surface area contributed by atoms with Crippen LogP contribution in [0.5, 0.6) is 0 Å². The van der Waals surface area contributed by atoms with Crippen LogP contribution in [0.25, 0.3) is 0 Å². The summed E-state index contributed by atoms with van der Waals surface area (Å²) in [7, 11) is 0. The lowest BCUT2D eigenvalue weighted by Gasteiger charge is -2.40. The van der Waals surface area contributed by atoms with E-state index in [0.717, 1.165) is 37.4 Å². The number of nitrogens with zero attached hydrogens (tertiary/aromatic N) is 3. The average molecular weight is 232 g/mol. The Morgan fingerprint density at radius 1 is 1.41 bits per heavy atom. The summed E-state index contributed by atoms with van der Waals surface area (Å²) in [5.41, 5.74) is 0.952. The summed E-state index contributed by atoms with van der Waals surface area (Å²) < 4.78 is 0. The van der Waals surface area contributed by atoms with Gasteiger partial charge in [-0.1, -0.05) is 0 Å². The van der Waals surface area contributed by atoms with Gasteiger partial charge in [0.15, 0.2) is 0 Å². The lowest BCUT2D eigenvalue weighted by atomic mass is 10.1. The molecule has 1 aromatic rings. The van der Waals surface area contributed by atoms with Crippen molar-refractivity contribution in [1.29, 1.82) is 0 Å². The van der Waals surface area contributed by atoms with Gasteiger partial charge in [0.05, 0.1) is 6.04 Å². The Hall–Kier alpha value is -1.65.